The molecule has 0 aliphatic carbocycles. The highest BCUT2D eigenvalue weighted by molar-refractivity contribution is 7.99. The Morgan fingerprint density at radius 1 is 1.14 bits per heavy atom. The van der Waals surface area contributed by atoms with E-state index < -0.39 is 6.04 Å². The quantitative estimate of drug-likeness (QED) is 0.320. The first-order valence-electron chi connectivity index (χ1n) is 11.6. The van der Waals surface area contributed by atoms with Crippen molar-refractivity contribution in [1.29, 1.82) is 0 Å². The average molecular weight is 513 g/mol. The fourth-order valence-electron chi connectivity index (χ4n) is 3.97. The van der Waals surface area contributed by atoms with Crippen molar-refractivity contribution in [3.8, 4) is 11.5 Å². The number of aromatic nitrogens is 3. The van der Waals surface area contributed by atoms with Crippen molar-refractivity contribution < 1.29 is 14.3 Å². The van der Waals surface area contributed by atoms with Gasteiger partial charge in [-0.05, 0) is 62.6 Å². The third kappa shape index (κ3) is 5.65. The van der Waals surface area contributed by atoms with E-state index in [1.807, 2.05) is 56.3 Å². The molecule has 0 fully saturated rings. The average Bonchev–Trinajstić information content (AvgIpc) is 3.24. The highest BCUT2D eigenvalue weighted by Gasteiger charge is 2.33. The molecule has 35 heavy (non-hydrogen) atoms. The zero-order valence-corrected chi connectivity index (χ0v) is 21.9. The largest absolute Gasteiger partial charge is 0.490 e. The molecule has 1 atom stereocenters. The number of carbonyl (C=O) groups excluding carboxylic acids is 1. The van der Waals surface area contributed by atoms with Gasteiger partial charge >= 0.3 is 0 Å². The molecule has 0 spiro atoms. The number of ketones is 1. The molecule has 0 radical (unpaired) electrons. The lowest BCUT2D eigenvalue weighted by Crippen LogP contribution is -2.27. The number of nitrogens with one attached hydrogen (secondary N) is 1. The molecule has 3 aromatic rings. The fraction of sp³-hybridized carbons (Fsp3) is 0.346. The minimum atomic E-state index is -0.420. The van der Waals surface area contributed by atoms with E-state index in [1.165, 1.54) is 0 Å². The van der Waals surface area contributed by atoms with Crippen LogP contribution in [0.2, 0.25) is 5.02 Å². The van der Waals surface area contributed by atoms with Gasteiger partial charge in [-0.3, -0.25) is 4.79 Å². The van der Waals surface area contributed by atoms with Crippen LogP contribution in [0.4, 0.5) is 5.95 Å². The molecular weight excluding hydrogens is 484 g/mol. The molecule has 1 aliphatic rings. The van der Waals surface area contributed by atoms with Gasteiger partial charge in [0, 0.05) is 22.0 Å². The van der Waals surface area contributed by atoms with E-state index >= 15 is 0 Å². The Morgan fingerprint density at radius 2 is 1.91 bits per heavy atom. The molecule has 2 aromatic carbocycles. The summed E-state index contributed by atoms with van der Waals surface area (Å²) in [7, 11) is 0. The predicted molar refractivity (Wildman–Crippen MR) is 140 cm³/mol. The van der Waals surface area contributed by atoms with Gasteiger partial charge in [0.2, 0.25) is 11.1 Å². The molecule has 7 nitrogen and oxygen atoms in total. The smallest absolute Gasteiger partial charge is 0.227 e. The molecule has 0 amide bonds. The van der Waals surface area contributed by atoms with Crippen molar-refractivity contribution in [1.82, 2.24) is 14.8 Å². The molecular formula is C26H29ClN4O3S. The molecule has 9 heteroatoms. The van der Waals surface area contributed by atoms with Crippen LogP contribution >= 0.6 is 23.4 Å². The van der Waals surface area contributed by atoms with E-state index in [-0.39, 0.29) is 5.78 Å². The van der Waals surface area contributed by atoms with E-state index in [4.69, 9.17) is 26.2 Å². The molecule has 2 heterocycles. The Kier molecular flexibility index (Phi) is 8.03. The minimum Gasteiger partial charge on any atom is -0.490 e. The second-order valence-corrected chi connectivity index (χ2v) is 9.69. The van der Waals surface area contributed by atoms with Crippen LogP contribution in [0, 0.1) is 0 Å². The molecule has 0 saturated heterocycles. The third-order valence-corrected chi connectivity index (χ3v) is 6.83. The number of hydrogen-bond acceptors (Lipinski definition) is 7. The van der Waals surface area contributed by atoms with Crippen LogP contribution in [0.25, 0.3) is 0 Å². The SMILES string of the molecule is CCCSc1nc2n(n1)C(c1ccc(OCc3ccc(Cl)cc3)c(OCC)c1)C(C(C)=O)=C(C)N2. The number of rotatable bonds is 10. The van der Waals surface area contributed by atoms with Gasteiger partial charge in [0.1, 0.15) is 12.6 Å². The molecule has 1 aliphatic heterocycles. The highest BCUT2D eigenvalue weighted by atomic mass is 35.5. The van der Waals surface area contributed by atoms with Crippen molar-refractivity contribution in [3.05, 3.63) is 69.9 Å². The maximum atomic E-state index is 12.7. The zero-order valence-electron chi connectivity index (χ0n) is 20.3. The predicted octanol–water partition coefficient (Wildman–Crippen LogP) is 6.29. The number of Topliss-reactive ketones (excluding diaryl/α,β-unsaturated/α-hetero) is 1. The van der Waals surface area contributed by atoms with Crippen molar-refractivity contribution in [3.63, 3.8) is 0 Å². The van der Waals surface area contributed by atoms with Gasteiger partial charge in [-0.25, -0.2) is 4.68 Å². The zero-order chi connectivity index (χ0) is 24.9. The van der Waals surface area contributed by atoms with Gasteiger partial charge in [0.15, 0.2) is 17.3 Å². The summed E-state index contributed by atoms with van der Waals surface area (Å²) >= 11 is 7.59. The number of halogens is 1. The number of benzene rings is 2. The molecule has 0 saturated carbocycles. The Labute approximate surface area is 214 Å². The summed E-state index contributed by atoms with van der Waals surface area (Å²) in [5, 5.41) is 9.35. The van der Waals surface area contributed by atoms with Gasteiger partial charge in [-0.2, -0.15) is 4.98 Å². The normalized spacial score (nSPS) is 14.9. The second-order valence-electron chi connectivity index (χ2n) is 8.19. The monoisotopic (exact) mass is 512 g/mol. The molecule has 1 aromatic heterocycles. The lowest BCUT2D eigenvalue weighted by molar-refractivity contribution is -0.114. The third-order valence-electron chi connectivity index (χ3n) is 5.54. The number of thioether (sulfide) groups is 1. The van der Waals surface area contributed by atoms with Gasteiger partial charge in [-0.15, -0.1) is 5.10 Å². The molecule has 4 rings (SSSR count). The van der Waals surface area contributed by atoms with Crippen LogP contribution in [-0.2, 0) is 11.4 Å². The number of nitrogens with zero attached hydrogens (tertiary/aromatic N) is 3. The van der Waals surface area contributed by atoms with Gasteiger partial charge in [-0.1, -0.05) is 48.5 Å². The Hall–Kier alpha value is -2.97. The summed E-state index contributed by atoms with van der Waals surface area (Å²) in [6.45, 7) is 8.39. The highest BCUT2D eigenvalue weighted by Crippen LogP contribution is 2.40. The summed E-state index contributed by atoms with van der Waals surface area (Å²) in [5.74, 6) is 2.76. The standard InChI is InChI=1S/C26H29ClN4O3S/c1-5-13-35-26-29-25-28-16(3)23(17(4)32)24(31(25)30-26)19-9-12-21(22(14-19)33-6-2)34-15-18-7-10-20(27)11-8-18/h7-12,14,24H,5-6,13,15H2,1-4H3,(H,28,29,30). The van der Waals surface area contributed by atoms with E-state index in [1.54, 1.807) is 23.4 Å². The van der Waals surface area contributed by atoms with Crippen molar-refractivity contribution in [2.75, 3.05) is 17.7 Å². The van der Waals surface area contributed by atoms with Crippen LogP contribution < -0.4 is 14.8 Å². The first-order valence-corrected chi connectivity index (χ1v) is 13.0. The summed E-state index contributed by atoms with van der Waals surface area (Å²) < 4.78 is 13.8. The van der Waals surface area contributed by atoms with Crippen LogP contribution in [-0.4, -0.2) is 32.9 Å². The van der Waals surface area contributed by atoms with Crippen molar-refractivity contribution in [2.24, 2.45) is 0 Å². The number of fused-ring (bicyclic) bond motifs is 1. The van der Waals surface area contributed by atoms with Crippen LogP contribution in [0.5, 0.6) is 11.5 Å². The maximum absolute atomic E-state index is 12.7. The summed E-state index contributed by atoms with van der Waals surface area (Å²) in [6, 6.07) is 12.9. The second kappa shape index (κ2) is 11.2. The van der Waals surface area contributed by atoms with E-state index in [0.717, 1.165) is 29.0 Å². The van der Waals surface area contributed by atoms with Gasteiger partial charge in [0.05, 0.1) is 6.61 Å². The van der Waals surface area contributed by atoms with E-state index in [9.17, 15) is 4.79 Å². The van der Waals surface area contributed by atoms with Gasteiger partial charge < -0.3 is 14.8 Å². The summed E-state index contributed by atoms with van der Waals surface area (Å²) in [6.07, 6.45) is 1.02. The first kappa shape index (κ1) is 25.1. The maximum Gasteiger partial charge on any atom is 0.227 e. The van der Waals surface area contributed by atoms with Crippen LogP contribution in [0.1, 0.15) is 51.3 Å². The molecule has 1 unspecified atom stereocenters. The summed E-state index contributed by atoms with van der Waals surface area (Å²) in [5.41, 5.74) is 3.29. The molecule has 0 bridgehead atoms. The van der Waals surface area contributed by atoms with Crippen LogP contribution in [0.3, 0.4) is 0 Å². The lowest BCUT2D eigenvalue weighted by atomic mass is 9.93. The fourth-order valence-corrected chi connectivity index (χ4v) is 4.78. The Balaban J connectivity index is 1.69. The summed E-state index contributed by atoms with van der Waals surface area (Å²) in [4.78, 5) is 17.4. The number of allylic oxidation sites excluding steroid dienone is 2. The van der Waals surface area contributed by atoms with Crippen LogP contribution in [0.15, 0.2) is 58.9 Å². The minimum absolute atomic E-state index is 0.0232. The molecule has 184 valence electrons. The Morgan fingerprint density at radius 3 is 2.60 bits per heavy atom. The number of carbonyl (C=O) groups is 1. The molecule has 1 N–H and O–H groups in total. The van der Waals surface area contributed by atoms with Crippen molar-refractivity contribution >= 4 is 35.1 Å². The number of hydrogen-bond donors (Lipinski definition) is 1. The van der Waals surface area contributed by atoms with Gasteiger partial charge in [0.25, 0.3) is 0 Å². The Bertz CT molecular complexity index is 1240. The van der Waals surface area contributed by atoms with E-state index in [0.29, 0.717) is 46.4 Å². The number of anilines is 1. The number of ether oxygens (including phenoxy) is 2. The lowest BCUT2D eigenvalue weighted by Gasteiger charge is -2.28. The van der Waals surface area contributed by atoms with Crippen molar-refractivity contribution in [2.45, 2.75) is 51.9 Å². The topological polar surface area (TPSA) is 78.3 Å². The van der Waals surface area contributed by atoms with E-state index in [2.05, 4.69) is 17.2 Å². The first-order chi connectivity index (χ1) is 16.9.